The molecule has 1 fully saturated rings. The third-order valence-electron chi connectivity index (χ3n) is 6.31. The van der Waals surface area contributed by atoms with Gasteiger partial charge in [-0.05, 0) is 54.3 Å². The number of hydrogen-bond donors (Lipinski definition) is 0. The molecule has 1 heterocycles. The van der Waals surface area contributed by atoms with Crippen LogP contribution in [0.3, 0.4) is 0 Å². The van der Waals surface area contributed by atoms with Crippen LogP contribution in [0.4, 0.5) is 0 Å². The summed E-state index contributed by atoms with van der Waals surface area (Å²) in [7, 11) is 1.81. The zero-order valence-electron chi connectivity index (χ0n) is 20.4. The minimum Gasteiger partial charge on any atom is -0.457 e. The van der Waals surface area contributed by atoms with Crippen LogP contribution in [-0.4, -0.2) is 41.8 Å². The Balaban J connectivity index is 1.28. The SMILES string of the molecule is CN(Cc1ccc(Oc2ccc(Cl)c(Cl)c2)cc1Br)C(=O)C1CCN(C(=O)/C=C/c2ccccc2)CC1. The fourth-order valence-corrected chi connectivity index (χ4v) is 5.00. The fraction of sp³-hybridized carbons (Fsp3) is 0.241. The van der Waals surface area contributed by atoms with E-state index in [1.54, 1.807) is 29.2 Å². The summed E-state index contributed by atoms with van der Waals surface area (Å²) in [5.41, 5.74) is 1.96. The van der Waals surface area contributed by atoms with Crippen LogP contribution in [0.1, 0.15) is 24.0 Å². The topological polar surface area (TPSA) is 49.9 Å². The molecule has 0 saturated carbocycles. The van der Waals surface area contributed by atoms with E-state index in [4.69, 9.17) is 27.9 Å². The standard InChI is InChI=1S/C29H27BrCl2N2O3/c1-33(19-22-8-9-23(17-25(22)30)37-24-10-11-26(31)27(32)18-24)29(36)21-13-15-34(16-14-21)28(35)12-7-20-5-3-2-4-6-20/h2-12,17-18,21H,13-16,19H2,1H3/b12-7+. The Labute approximate surface area is 235 Å². The predicted molar refractivity (Wildman–Crippen MR) is 152 cm³/mol. The average Bonchev–Trinajstić information content (AvgIpc) is 2.91. The normalized spacial score (nSPS) is 14.1. The van der Waals surface area contributed by atoms with Gasteiger partial charge in [-0.15, -0.1) is 0 Å². The third-order valence-corrected chi connectivity index (χ3v) is 7.79. The van der Waals surface area contributed by atoms with Gasteiger partial charge in [0.25, 0.3) is 0 Å². The molecular formula is C29H27BrCl2N2O3. The van der Waals surface area contributed by atoms with Gasteiger partial charge in [-0.25, -0.2) is 0 Å². The second-order valence-electron chi connectivity index (χ2n) is 8.97. The number of piperidine rings is 1. The third kappa shape index (κ3) is 7.37. The molecule has 192 valence electrons. The van der Waals surface area contributed by atoms with Crippen LogP contribution in [0, 0.1) is 5.92 Å². The number of nitrogens with zero attached hydrogens (tertiary/aromatic N) is 2. The van der Waals surface area contributed by atoms with Gasteiger partial charge in [-0.2, -0.15) is 0 Å². The van der Waals surface area contributed by atoms with Crippen molar-refractivity contribution in [2.75, 3.05) is 20.1 Å². The Hall–Kier alpha value is -2.80. The van der Waals surface area contributed by atoms with Crippen LogP contribution in [0.15, 0.2) is 77.3 Å². The summed E-state index contributed by atoms with van der Waals surface area (Å²) in [5.74, 6) is 1.21. The molecule has 0 atom stereocenters. The zero-order valence-corrected chi connectivity index (χ0v) is 23.5. The van der Waals surface area contributed by atoms with Crippen LogP contribution in [0.25, 0.3) is 6.08 Å². The molecule has 0 unspecified atom stereocenters. The average molecular weight is 602 g/mol. The van der Waals surface area contributed by atoms with Crippen LogP contribution < -0.4 is 4.74 Å². The minimum atomic E-state index is -0.0943. The van der Waals surface area contributed by atoms with Gasteiger partial charge in [0.15, 0.2) is 0 Å². The Bertz CT molecular complexity index is 1290. The fourth-order valence-electron chi connectivity index (χ4n) is 4.23. The van der Waals surface area contributed by atoms with Gasteiger partial charge in [0, 0.05) is 49.2 Å². The van der Waals surface area contributed by atoms with Gasteiger partial charge >= 0.3 is 0 Å². The van der Waals surface area contributed by atoms with Crippen molar-refractivity contribution in [3.8, 4) is 11.5 Å². The quantitative estimate of drug-likeness (QED) is 0.264. The van der Waals surface area contributed by atoms with Crippen molar-refractivity contribution in [1.29, 1.82) is 0 Å². The van der Waals surface area contributed by atoms with Gasteiger partial charge in [0.1, 0.15) is 11.5 Å². The summed E-state index contributed by atoms with van der Waals surface area (Å²) in [6.45, 7) is 1.62. The van der Waals surface area contributed by atoms with Crippen molar-refractivity contribution in [1.82, 2.24) is 9.80 Å². The van der Waals surface area contributed by atoms with Crippen molar-refractivity contribution in [2.24, 2.45) is 5.92 Å². The van der Waals surface area contributed by atoms with E-state index in [-0.39, 0.29) is 17.7 Å². The first-order chi connectivity index (χ1) is 17.8. The summed E-state index contributed by atoms with van der Waals surface area (Å²) >= 11 is 15.6. The lowest BCUT2D eigenvalue weighted by Gasteiger charge is -2.32. The van der Waals surface area contributed by atoms with Crippen LogP contribution in [0.2, 0.25) is 10.0 Å². The van der Waals surface area contributed by atoms with Gasteiger partial charge in [-0.3, -0.25) is 9.59 Å². The van der Waals surface area contributed by atoms with E-state index in [1.807, 2.05) is 66.6 Å². The molecule has 37 heavy (non-hydrogen) atoms. The molecular weight excluding hydrogens is 575 g/mol. The van der Waals surface area contributed by atoms with Crippen molar-refractivity contribution in [3.05, 3.63) is 98.5 Å². The first-order valence-corrected chi connectivity index (χ1v) is 13.5. The Kier molecular flexibility index (Phi) is 9.30. The molecule has 2 amide bonds. The molecule has 0 spiro atoms. The van der Waals surface area contributed by atoms with E-state index < -0.39 is 0 Å². The summed E-state index contributed by atoms with van der Waals surface area (Å²) in [4.78, 5) is 29.2. The van der Waals surface area contributed by atoms with Gasteiger partial charge in [0.05, 0.1) is 10.0 Å². The highest BCUT2D eigenvalue weighted by atomic mass is 79.9. The van der Waals surface area contributed by atoms with E-state index >= 15 is 0 Å². The smallest absolute Gasteiger partial charge is 0.246 e. The highest BCUT2D eigenvalue weighted by molar-refractivity contribution is 9.10. The number of carbonyl (C=O) groups excluding carboxylic acids is 2. The number of carbonyl (C=O) groups is 2. The monoisotopic (exact) mass is 600 g/mol. The number of likely N-dealkylation sites (tertiary alicyclic amines) is 1. The van der Waals surface area contributed by atoms with Gasteiger partial charge < -0.3 is 14.5 Å². The first kappa shape index (κ1) is 27.2. The number of halogens is 3. The number of hydrogen-bond acceptors (Lipinski definition) is 3. The lowest BCUT2D eigenvalue weighted by atomic mass is 9.95. The van der Waals surface area contributed by atoms with Crippen LogP contribution >= 0.6 is 39.1 Å². The molecule has 4 rings (SSSR count). The van der Waals surface area contributed by atoms with E-state index in [1.165, 1.54) is 0 Å². The zero-order chi connectivity index (χ0) is 26.4. The van der Waals surface area contributed by atoms with E-state index in [0.29, 0.717) is 54.0 Å². The predicted octanol–water partition coefficient (Wildman–Crippen LogP) is 7.46. The molecule has 0 aliphatic carbocycles. The molecule has 1 aliphatic heterocycles. The minimum absolute atomic E-state index is 0.0183. The van der Waals surface area contributed by atoms with Crippen molar-refractivity contribution < 1.29 is 14.3 Å². The molecule has 0 N–H and O–H groups in total. The molecule has 0 aromatic heterocycles. The lowest BCUT2D eigenvalue weighted by molar-refractivity contribution is -0.138. The molecule has 8 heteroatoms. The number of amides is 2. The van der Waals surface area contributed by atoms with Gasteiger partial charge in [0.2, 0.25) is 11.8 Å². The Morgan fingerprint density at radius 3 is 2.35 bits per heavy atom. The number of benzene rings is 3. The molecule has 5 nitrogen and oxygen atoms in total. The number of ether oxygens (including phenoxy) is 1. The number of rotatable bonds is 7. The summed E-state index contributed by atoms with van der Waals surface area (Å²) in [5, 5.41) is 0.893. The molecule has 3 aromatic rings. The maximum atomic E-state index is 13.1. The molecule has 0 bridgehead atoms. The molecule has 1 saturated heterocycles. The Morgan fingerprint density at radius 1 is 1.00 bits per heavy atom. The molecule has 3 aromatic carbocycles. The van der Waals surface area contributed by atoms with Crippen molar-refractivity contribution in [3.63, 3.8) is 0 Å². The summed E-state index contributed by atoms with van der Waals surface area (Å²) in [6.07, 6.45) is 4.75. The van der Waals surface area contributed by atoms with Crippen LogP contribution in [0.5, 0.6) is 11.5 Å². The van der Waals surface area contributed by atoms with Gasteiger partial charge in [-0.1, -0.05) is 75.5 Å². The maximum absolute atomic E-state index is 13.1. The largest absolute Gasteiger partial charge is 0.457 e. The molecule has 1 aliphatic rings. The summed E-state index contributed by atoms with van der Waals surface area (Å²) in [6, 6.07) is 20.5. The Morgan fingerprint density at radius 2 is 1.68 bits per heavy atom. The highest BCUT2D eigenvalue weighted by Crippen LogP contribution is 2.32. The second-order valence-corrected chi connectivity index (χ2v) is 10.6. The van der Waals surface area contributed by atoms with Crippen molar-refractivity contribution in [2.45, 2.75) is 19.4 Å². The van der Waals surface area contributed by atoms with E-state index in [9.17, 15) is 9.59 Å². The van der Waals surface area contributed by atoms with Crippen LogP contribution in [-0.2, 0) is 16.1 Å². The molecule has 0 radical (unpaired) electrons. The highest BCUT2D eigenvalue weighted by Gasteiger charge is 2.28. The lowest BCUT2D eigenvalue weighted by Crippen LogP contribution is -2.42. The van der Waals surface area contributed by atoms with Crippen molar-refractivity contribution >= 4 is 57.0 Å². The summed E-state index contributed by atoms with van der Waals surface area (Å²) < 4.78 is 6.72. The van der Waals surface area contributed by atoms with E-state index in [0.717, 1.165) is 15.6 Å². The second kappa shape index (κ2) is 12.6. The maximum Gasteiger partial charge on any atom is 0.246 e. The first-order valence-electron chi connectivity index (χ1n) is 12.0. The van der Waals surface area contributed by atoms with E-state index in [2.05, 4.69) is 15.9 Å².